The Labute approximate surface area is 98.0 Å². The highest BCUT2D eigenvalue weighted by Gasteiger charge is 2.30. The third-order valence-electron chi connectivity index (χ3n) is 3.35. The summed E-state index contributed by atoms with van der Waals surface area (Å²) in [6.07, 6.45) is 3.95. The molecule has 0 aliphatic carbocycles. The van der Waals surface area contributed by atoms with Gasteiger partial charge in [-0.3, -0.25) is 9.69 Å². The number of hydrogen-bond donors (Lipinski definition) is 2. The Morgan fingerprint density at radius 3 is 2.75 bits per heavy atom. The molecular weight excluding hydrogens is 204 g/mol. The fraction of sp³-hybridized carbons (Fsp3) is 0.917. The number of carboxylic acid groups (broad SMARTS) is 1. The van der Waals surface area contributed by atoms with Crippen molar-refractivity contribution in [1.82, 2.24) is 10.2 Å². The first-order chi connectivity index (χ1) is 7.70. The zero-order valence-corrected chi connectivity index (χ0v) is 10.4. The molecule has 1 aliphatic heterocycles. The third kappa shape index (κ3) is 3.46. The van der Waals surface area contributed by atoms with Gasteiger partial charge in [-0.2, -0.15) is 0 Å². The van der Waals surface area contributed by atoms with Crippen LogP contribution in [0.1, 0.15) is 39.5 Å². The summed E-state index contributed by atoms with van der Waals surface area (Å²) in [5.74, 6) is -0.672. The molecule has 2 unspecified atom stereocenters. The molecule has 1 fully saturated rings. The van der Waals surface area contributed by atoms with E-state index in [0.717, 1.165) is 45.3 Å². The maximum absolute atomic E-state index is 11.3. The van der Waals surface area contributed by atoms with Crippen LogP contribution in [0.15, 0.2) is 0 Å². The van der Waals surface area contributed by atoms with Crippen molar-refractivity contribution in [2.45, 2.75) is 51.6 Å². The lowest BCUT2D eigenvalue weighted by molar-refractivity contribution is -0.144. The lowest BCUT2D eigenvalue weighted by atomic mass is 10.0. The highest BCUT2D eigenvalue weighted by atomic mass is 16.4. The Kier molecular flexibility index (Phi) is 5.77. The Bertz CT molecular complexity index is 215. The minimum atomic E-state index is -0.672. The minimum Gasteiger partial charge on any atom is -0.480 e. The zero-order valence-electron chi connectivity index (χ0n) is 10.4. The summed E-state index contributed by atoms with van der Waals surface area (Å²) in [5, 5.41) is 12.6. The smallest absolute Gasteiger partial charge is 0.320 e. The van der Waals surface area contributed by atoms with Gasteiger partial charge >= 0.3 is 5.97 Å². The van der Waals surface area contributed by atoms with E-state index in [0.29, 0.717) is 6.04 Å². The van der Waals surface area contributed by atoms with Crippen molar-refractivity contribution in [3.8, 4) is 0 Å². The molecule has 0 aromatic heterocycles. The molecular formula is C12H24N2O2. The van der Waals surface area contributed by atoms with Crippen molar-refractivity contribution in [3.05, 3.63) is 0 Å². The van der Waals surface area contributed by atoms with Crippen LogP contribution in [0.3, 0.4) is 0 Å². The standard InChI is InChI=1S/C12H24N2O2/c1-3-6-11(12(15)16)14(4-2)10-7-5-8-13-9-10/h10-11,13H,3-9H2,1-2H3,(H,15,16). The molecule has 4 heteroatoms. The van der Waals surface area contributed by atoms with Crippen LogP contribution in [0.4, 0.5) is 0 Å². The Morgan fingerprint density at radius 1 is 1.56 bits per heavy atom. The van der Waals surface area contributed by atoms with Crippen molar-refractivity contribution in [3.63, 3.8) is 0 Å². The molecule has 2 atom stereocenters. The van der Waals surface area contributed by atoms with E-state index in [9.17, 15) is 9.90 Å². The topological polar surface area (TPSA) is 52.6 Å². The molecule has 1 heterocycles. The summed E-state index contributed by atoms with van der Waals surface area (Å²) < 4.78 is 0. The van der Waals surface area contributed by atoms with E-state index in [2.05, 4.69) is 17.1 Å². The molecule has 0 amide bonds. The molecule has 1 rings (SSSR count). The van der Waals surface area contributed by atoms with Gasteiger partial charge in [-0.05, 0) is 32.4 Å². The second kappa shape index (κ2) is 6.86. The lowest BCUT2D eigenvalue weighted by Gasteiger charge is -2.37. The van der Waals surface area contributed by atoms with Gasteiger partial charge in [0.2, 0.25) is 0 Å². The third-order valence-corrected chi connectivity index (χ3v) is 3.35. The number of nitrogens with zero attached hydrogens (tertiary/aromatic N) is 1. The Balaban J connectivity index is 2.64. The first-order valence-corrected chi connectivity index (χ1v) is 6.40. The molecule has 2 N–H and O–H groups in total. The maximum atomic E-state index is 11.3. The molecule has 0 aromatic carbocycles. The van der Waals surface area contributed by atoms with Crippen LogP contribution in [-0.4, -0.2) is 47.7 Å². The van der Waals surface area contributed by atoms with Crippen LogP contribution < -0.4 is 5.32 Å². The lowest BCUT2D eigenvalue weighted by Crippen LogP contribution is -2.52. The van der Waals surface area contributed by atoms with Gasteiger partial charge < -0.3 is 10.4 Å². The molecule has 1 saturated heterocycles. The molecule has 0 aromatic rings. The minimum absolute atomic E-state index is 0.306. The zero-order chi connectivity index (χ0) is 12.0. The summed E-state index contributed by atoms with van der Waals surface area (Å²) in [4.78, 5) is 13.4. The summed E-state index contributed by atoms with van der Waals surface area (Å²) in [5.41, 5.74) is 0. The van der Waals surface area contributed by atoms with Gasteiger partial charge in [0.05, 0.1) is 0 Å². The summed E-state index contributed by atoms with van der Waals surface area (Å²) in [6, 6.07) is 0.0892. The first-order valence-electron chi connectivity index (χ1n) is 6.40. The normalized spacial score (nSPS) is 23.3. The Morgan fingerprint density at radius 2 is 2.31 bits per heavy atom. The van der Waals surface area contributed by atoms with Crippen molar-refractivity contribution in [2.24, 2.45) is 0 Å². The molecule has 4 nitrogen and oxygen atoms in total. The van der Waals surface area contributed by atoms with Crippen molar-refractivity contribution < 1.29 is 9.90 Å². The molecule has 1 aliphatic rings. The van der Waals surface area contributed by atoms with E-state index in [1.54, 1.807) is 0 Å². The number of hydrogen-bond acceptors (Lipinski definition) is 3. The molecule has 0 spiro atoms. The van der Waals surface area contributed by atoms with Crippen LogP contribution in [0.25, 0.3) is 0 Å². The first kappa shape index (κ1) is 13.5. The SMILES string of the molecule is CCCC(C(=O)O)N(CC)C1CCCNC1. The number of likely N-dealkylation sites (N-methyl/N-ethyl adjacent to an activating group) is 1. The second-order valence-corrected chi connectivity index (χ2v) is 4.47. The fourth-order valence-electron chi connectivity index (χ4n) is 2.55. The van der Waals surface area contributed by atoms with Crippen LogP contribution in [0, 0.1) is 0 Å². The number of rotatable bonds is 6. The average molecular weight is 228 g/mol. The highest BCUT2D eigenvalue weighted by Crippen LogP contribution is 2.16. The van der Waals surface area contributed by atoms with Gasteiger partial charge in [0.1, 0.15) is 6.04 Å². The van der Waals surface area contributed by atoms with Crippen molar-refractivity contribution in [2.75, 3.05) is 19.6 Å². The highest BCUT2D eigenvalue weighted by molar-refractivity contribution is 5.73. The van der Waals surface area contributed by atoms with E-state index in [1.807, 2.05) is 6.92 Å². The molecule has 0 saturated carbocycles. The maximum Gasteiger partial charge on any atom is 0.320 e. The quantitative estimate of drug-likeness (QED) is 0.720. The largest absolute Gasteiger partial charge is 0.480 e. The fourth-order valence-corrected chi connectivity index (χ4v) is 2.55. The van der Waals surface area contributed by atoms with E-state index < -0.39 is 5.97 Å². The van der Waals surface area contributed by atoms with Gasteiger partial charge in [0.25, 0.3) is 0 Å². The van der Waals surface area contributed by atoms with Gasteiger partial charge in [-0.15, -0.1) is 0 Å². The van der Waals surface area contributed by atoms with Gasteiger partial charge in [-0.25, -0.2) is 0 Å². The van der Waals surface area contributed by atoms with Crippen LogP contribution in [0.5, 0.6) is 0 Å². The van der Waals surface area contributed by atoms with E-state index in [1.165, 1.54) is 0 Å². The second-order valence-electron chi connectivity index (χ2n) is 4.47. The summed E-state index contributed by atoms with van der Waals surface area (Å²) in [6.45, 7) is 6.92. The number of carbonyl (C=O) groups is 1. The number of carboxylic acids is 1. The summed E-state index contributed by atoms with van der Waals surface area (Å²) >= 11 is 0. The predicted octanol–water partition coefficient (Wildman–Crippen LogP) is 1.31. The van der Waals surface area contributed by atoms with Gasteiger partial charge in [-0.1, -0.05) is 20.3 Å². The summed E-state index contributed by atoms with van der Waals surface area (Å²) in [7, 11) is 0. The Hall–Kier alpha value is -0.610. The van der Waals surface area contributed by atoms with Gasteiger partial charge in [0, 0.05) is 12.6 Å². The van der Waals surface area contributed by atoms with Crippen LogP contribution >= 0.6 is 0 Å². The van der Waals surface area contributed by atoms with Crippen molar-refractivity contribution >= 4 is 5.97 Å². The number of nitrogens with one attached hydrogen (secondary N) is 1. The van der Waals surface area contributed by atoms with E-state index in [4.69, 9.17) is 0 Å². The monoisotopic (exact) mass is 228 g/mol. The van der Waals surface area contributed by atoms with Gasteiger partial charge in [0.15, 0.2) is 0 Å². The van der Waals surface area contributed by atoms with E-state index >= 15 is 0 Å². The number of piperidine rings is 1. The average Bonchev–Trinajstić information content (AvgIpc) is 2.30. The van der Waals surface area contributed by atoms with E-state index in [-0.39, 0.29) is 6.04 Å². The predicted molar refractivity (Wildman–Crippen MR) is 64.6 cm³/mol. The van der Waals surface area contributed by atoms with Crippen LogP contribution in [-0.2, 0) is 4.79 Å². The molecule has 0 bridgehead atoms. The van der Waals surface area contributed by atoms with Crippen LogP contribution in [0.2, 0.25) is 0 Å². The number of aliphatic carboxylic acids is 1. The van der Waals surface area contributed by atoms with Crippen molar-refractivity contribution in [1.29, 1.82) is 0 Å². The molecule has 94 valence electrons. The molecule has 16 heavy (non-hydrogen) atoms. The molecule has 0 radical (unpaired) electrons.